The van der Waals surface area contributed by atoms with Gasteiger partial charge >= 0.3 is 0 Å². The second kappa shape index (κ2) is 6.51. The molecule has 1 aromatic heterocycles. The third kappa shape index (κ3) is 3.29. The van der Waals surface area contributed by atoms with E-state index in [1.807, 2.05) is 11.0 Å². The Bertz CT molecular complexity index is 617. The van der Waals surface area contributed by atoms with Crippen LogP contribution in [0.2, 0.25) is 0 Å². The normalized spacial score (nSPS) is 29.7. The first-order chi connectivity index (χ1) is 11.7. The molecule has 3 atom stereocenters. The van der Waals surface area contributed by atoms with Gasteiger partial charge in [0.2, 0.25) is 11.8 Å². The molecule has 3 aliphatic rings. The number of carbonyl (C=O) groups excluding carboxylic acids is 2. The molecule has 3 fully saturated rings. The topological polar surface area (TPSA) is 71.5 Å². The van der Waals surface area contributed by atoms with Crippen LogP contribution in [0.4, 0.5) is 5.69 Å². The molecule has 2 aliphatic heterocycles. The van der Waals surface area contributed by atoms with Gasteiger partial charge in [-0.05, 0) is 37.8 Å². The van der Waals surface area contributed by atoms with Crippen molar-refractivity contribution in [2.45, 2.75) is 31.8 Å². The predicted octanol–water partition coefficient (Wildman–Crippen LogP) is 1.68. The van der Waals surface area contributed by atoms with Crippen LogP contribution in [0.1, 0.15) is 25.7 Å². The van der Waals surface area contributed by atoms with Crippen LogP contribution in [0.15, 0.2) is 24.5 Å². The molecular formula is C18H23N3O3. The van der Waals surface area contributed by atoms with Gasteiger partial charge in [-0.25, -0.2) is 0 Å². The van der Waals surface area contributed by atoms with Crippen LogP contribution in [0.3, 0.4) is 0 Å². The number of ether oxygens (including phenoxy) is 1. The number of nitrogens with one attached hydrogen (secondary N) is 1. The fourth-order valence-corrected chi connectivity index (χ4v) is 3.78. The van der Waals surface area contributed by atoms with E-state index in [-0.39, 0.29) is 29.8 Å². The molecule has 128 valence electrons. The molecule has 6 nitrogen and oxygen atoms in total. The van der Waals surface area contributed by atoms with Crippen molar-refractivity contribution in [3.05, 3.63) is 24.5 Å². The number of hydrogen-bond acceptors (Lipinski definition) is 4. The fourth-order valence-electron chi connectivity index (χ4n) is 3.78. The molecule has 0 radical (unpaired) electrons. The zero-order valence-corrected chi connectivity index (χ0v) is 13.7. The van der Waals surface area contributed by atoms with Gasteiger partial charge < -0.3 is 15.0 Å². The number of amides is 2. The second-order valence-corrected chi connectivity index (χ2v) is 7.14. The van der Waals surface area contributed by atoms with Crippen molar-refractivity contribution < 1.29 is 14.3 Å². The van der Waals surface area contributed by atoms with Gasteiger partial charge in [-0.15, -0.1) is 0 Å². The lowest BCUT2D eigenvalue weighted by Crippen LogP contribution is -2.51. The first-order valence-corrected chi connectivity index (χ1v) is 8.82. The van der Waals surface area contributed by atoms with Gasteiger partial charge in [0, 0.05) is 31.1 Å². The van der Waals surface area contributed by atoms with E-state index in [9.17, 15) is 9.59 Å². The van der Waals surface area contributed by atoms with Crippen molar-refractivity contribution in [3.63, 3.8) is 0 Å². The summed E-state index contributed by atoms with van der Waals surface area (Å²) in [6.07, 6.45) is 7.26. The van der Waals surface area contributed by atoms with Gasteiger partial charge in [0.25, 0.3) is 0 Å². The van der Waals surface area contributed by atoms with Crippen molar-refractivity contribution in [1.82, 2.24) is 9.88 Å². The van der Waals surface area contributed by atoms with Gasteiger partial charge in [0.1, 0.15) is 0 Å². The van der Waals surface area contributed by atoms with Crippen LogP contribution in [0.25, 0.3) is 0 Å². The molecule has 24 heavy (non-hydrogen) atoms. The number of carbonyl (C=O) groups is 2. The summed E-state index contributed by atoms with van der Waals surface area (Å²) in [5.41, 5.74) is 0.707. The second-order valence-electron chi connectivity index (χ2n) is 7.14. The zero-order valence-electron chi connectivity index (χ0n) is 13.7. The number of anilines is 1. The molecule has 2 amide bonds. The van der Waals surface area contributed by atoms with Crippen LogP contribution >= 0.6 is 0 Å². The summed E-state index contributed by atoms with van der Waals surface area (Å²) in [5, 5.41) is 2.91. The van der Waals surface area contributed by atoms with Crippen molar-refractivity contribution >= 4 is 17.5 Å². The summed E-state index contributed by atoms with van der Waals surface area (Å²) in [4.78, 5) is 30.8. The minimum Gasteiger partial charge on any atom is -0.377 e. The van der Waals surface area contributed by atoms with Crippen LogP contribution in [0.5, 0.6) is 0 Å². The number of piperidine rings is 1. The number of fused-ring (bicyclic) bond motifs is 1. The number of rotatable bonds is 3. The highest BCUT2D eigenvalue weighted by molar-refractivity contribution is 5.92. The summed E-state index contributed by atoms with van der Waals surface area (Å²) >= 11 is 0. The third-order valence-corrected chi connectivity index (χ3v) is 5.30. The van der Waals surface area contributed by atoms with Crippen LogP contribution in [-0.4, -0.2) is 47.5 Å². The highest BCUT2D eigenvalue weighted by atomic mass is 16.5. The third-order valence-electron chi connectivity index (χ3n) is 5.30. The average molecular weight is 329 g/mol. The lowest BCUT2D eigenvalue weighted by atomic mass is 9.83. The molecule has 4 rings (SSSR count). The summed E-state index contributed by atoms with van der Waals surface area (Å²) in [6, 6.07) is 3.62. The molecule has 6 heteroatoms. The van der Waals surface area contributed by atoms with Gasteiger partial charge in [-0.2, -0.15) is 0 Å². The molecule has 0 unspecified atom stereocenters. The minimum absolute atomic E-state index is 0.0212. The SMILES string of the molecule is O=C(Nc1cccnc1)[C@@H]1CO[C@@H]2CCN(C(=O)C3CC3)C[C@@H]2C1. The molecule has 0 spiro atoms. The number of nitrogens with zero attached hydrogens (tertiary/aromatic N) is 2. The highest BCUT2D eigenvalue weighted by Crippen LogP contribution is 2.36. The lowest BCUT2D eigenvalue weighted by Gasteiger charge is -2.43. The molecule has 0 aromatic carbocycles. The maximum absolute atomic E-state index is 12.5. The van der Waals surface area contributed by atoms with Crippen molar-refractivity contribution in [2.75, 3.05) is 25.0 Å². The van der Waals surface area contributed by atoms with Gasteiger partial charge in [-0.3, -0.25) is 14.6 Å². The van der Waals surface area contributed by atoms with E-state index in [0.717, 1.165) is 38.8 Å². The summed E-state index contributed by atoms with van der Waals surface area (Å²) in [6.45, 7) is 1.99. The maximum Gasteiger partial charge on any atom is 0.229 e. The van der Waals surface area contributed by atoms with E-state index >= 15 is 0 Å². The minimum atomic E-state index is -0.164. The highest BCUT2D eigenvalue weighted by Gasteiger charge is 2.42. The van der Waals surface area contributed by atoms with E-state index in [4.69, 9.17) is 4.74 Å². The van der Waals surface area contributed by atoms with Crippen LogP contribution in [0, 0.1) is 17.8 Å². The van der Waals surface area contributed by atoms with Crippen LogP contribution in [-0.2, 0) is 14.3 Å². The monoisotopic (exact) mass is 329 g/mol. The molecule has 3 heterocycles. The lowest BCUT2D eigenvalue weighted by molar-refractivity contribution is -0.145. The average Bonchev–Trinajstić information content (AvgIpc) is 3.46. The van der Waals surface area contributed by atoms with E-state index in [1.165, 1.54) is 0 Å². The molecule has 0 bridgehead atoms. The van der Waals surface area contributed by atoms with E-state index < -0.39 is 0 Å². The number of hydrogen-bond donors (Lipinski definition) is 1. The number of likely N-dealkylation sites (tertiary alicyclic amines) is 1. The zero-order chi connectivity index (χ0) is 16.5. The number of pyridine rings is 1. The van der Waals surface area contributed by atoms with E-state index in [2.05, 4.69) is 10.3 Å². The van der Waals surface area contributed by atoms with Crippen molar-refractivity contribution in [2.24, 2.45) is 17.8 Å². The Morgan fingerprint density at radius 1 is 1.25 bits per heavy atom. The standard InChI is InChI=1S/C18H23N3O3/c22-17(20-15-2-1-6-19-9-15)14-8-13-10-21(18(23)12-3-4-12)7-5-16(13)24-11-14/h1-2,6,9,12-14,16H,3-5,7-8,10-11H2,(H,20,22)/t13-,14-,16+/m0/s1. The summed E-state index contributed by atoms with van der Waals surface area (Å²) < 4.78 is 5.94. The van der Waals surface area contributed by atoms with Crippen molar-refractivity contribution in [1.29, 1.82) is 0 Å². The Balaban J connectivity index is 1.36. The Hall–Kier alpha value is -1.95. The Labute approximate surface area is 141 Å². The van der Waals surface area contributed by atoms with Gasteiger partial charge in [0.15, 0.2) is 0 Å². The van der Waals surface area contributed by atoms with E-state index in [0.29, 0.717) is 18.2 Å². The van der Waals surface area contributed by atoms with Gasteiger partial charge in [-0.1, -0.05) is 0 Å². The smallest absolute Gasteiger partial charge is 0.229 e. The molecule has 1 saturated carbocycles. The largest absolute Gasteiger partial charge is 0.377 e. The molecule has 2 saturated heterocycles. The number of aromatic nitrogens is 1. The van der Waals surface area contributed by atoms with E-state index in [1.54, 1.807) is 18.5 Å². The van der Waals surface area contributed by atoms with Crippen molar-refractivity contribution in [3.8, 4) is 0 Å². The molecule has 1 N–H and O–H groups in total. The Morgan fingerprint density at radius 2 is 2.12 bits per heavy atom. The first-order valence-electron chi connectivity index (χ1n) is 8.82. The quantitative estimate of drug-likeness (QED) is 0.916. The van der Waals surface area contributed by atoms with Gasteiger partial charge in [0.05, 0.1) is 30.5 Å². The van der Waals surface area contributed by atoms with Crippen LogP contribution < -0.4 is 5.32 Å². The Kier molecular flexibility index (Phi) is 4.22. The fraction of sp³-hybridized carbons (Fsp3) is 0.611. The Morgan fingerprint density at radius 3 is 2.88 bits per heavy atom. The molecule has 1 aliphatic carbocycles. The maximum atomic E-state index is 12.5. The summed E-state index contributed by atoms with van der Waals surface area (Å²) in [5.74, 6) is 0.639. The predicted molar refractivity (Wildman–Crippen MR) is 88.1 cm³/mol. The molecule has 1 aromatic rings. The first kappa shape index (κ1) is 15.6. The summed E-state index contributed by atoms with van der Waals surface area (Å²) in [7, 11) is 0. The molecular weight excluding hydrogens is 306 g/mol.